The van der Waals surface area contributed by atoms with E-state index in [0.29, 0.717) is 5.76 Å². The summed E-state index contributed by atoms with van der Waals surface area (Å²) >= 11 is 5.94. The molecule has 2 aromatic heterocycles. The van der Waals surface area contributed by atoms with E-state index in [-0.39, 0.29) is 34.4 Å². The first-order valence-corrected chi connectivity index (χ1v) is 7.72. The van der Waals surface area contributed by atoms with Crippen LogP contribution in [0.4, 0.5) is 17.1 Å². The first-order chi connectivity index (χ1) is 12.8. The first kappa shape index (κ1) is 18.1. The molecule has 0 spiro atoms. The second-order valence-corrected chi connectivity index (χ2v) is 5.70. The largest absolute Gasteiger partial charge is 0.454 e. The van der Waals surface area contributed by atoms with Crippen LogP contribution in [0.3, 0.4) is 0 Å². The number of rotatable bonds is 6. The molecule has 0 saturated carbocycles. The summed E-state index contributed by atoms with van der Waals surface area (Å²) in [5.41, 5.74) is -0.327. The van der Waals surface area contributed by atoms with Crippen LogP contribution in [0.2, 0.25) is 5.02 Å². The molecule has 1 amide bonds. The second-order valence-electron chi connectivity index (χ2n) is 5.29. The maximum Gasteiger partial charge on any atom is 0.307 e. The van der Waals surface area contributed by atoms with Gasteiger partial charge in [-0.15, -0.1) is 0 Å². The number of furan rings is 1. The molecule has 0 aliphatic rings. The van der Waals surface area contributed by atoms with Gasteiger partial charge in [-0.2, -0.15) is 5.10 Å². The van der Waals surface area contributed by atoms with Gasteiger partial charge in [-0.25, -0.2) is 0 Å². The van der Waals surface area contributed by atoms with E-state index in [0.717, 1.165) is 12.3 Å². The molecule has 0 fully saturated rings. The highest BCUT2D eigenvalue weighted by molar-refractivity contribution is 6.34. The van der Waals surface area contributed by atoms with Crippen molar-refractivity contribution >= 4 is 34.6 Å². The van der Waals surface area contributed by atoms with Gasteiger partial charge < -0.3 is 9.73 Å². The number of anilines is 1. The van der Waals surface area contributed by atoms with Gasteiger partial charge >= 0.3 is 5.69 Å². The molecule has 0 aliphatic heterocycles. The minimum Gasteiger partial charge on any atom is -0.454 e. The molecular formula is C15H10ClN5O6. The van der Waals surface area contributed by atoms with Gasteiger partial charge in [0.25, 0.3) is 11.6 Å². The summed E-state index contributed by atoms with van der Waals surface area (Å²) in [5, 5.41) is 27.9. The van der Waals surface area contributed by atoms with Crippen LogP contribution in [-0.4, -0.2) is 25.5 Å². The highest BCUT2D eigenvalue weighted by Crippen LogP contribution is 2.27. The van der Waals surface area contributed by atoms with Crippen LogP contribution >= 0.6 is 11.6 Å². The van der Waals surface area contributed by atoms with Crippen LogP contribution in [0.5, 0.6) is 0 Å². The number of halogens is 1. The molecule has 0 bridgehead atoms. The van der Waals surface area contributed by atoms with E-state index < -0.39 is 15.8 Å². The third-order valence-electron chi connectivity index (χ3n) is 3.44. The third-order valence-corrected chi connectivity index (χ3v) is 3.77. The lowest BCUT2D eigenvalue weighted by molar-refractivity contribution is -0.385. The van der Waals surface area contributed by atoms with Crippen LogP contribution in [-0.2, 0) is 6.54 Å². The summed E-state index contributed by atoms with van der Waals surface area (Å²) in [4.78, 5) is 32.5. The van der Waals surface area contributed by atoms with Crippen molar-refractivity contribution in [3.8, 4) is 0 Å². The van der Waals surface area contributed by atoms with Crippen molar-refractivity contribution in [2.24, 2.45) is 0 Å². The molecule has 0 radical (unpaired) electrons. The van der Waals surface area contributed by atoms with Crippen molar-refractivity contribution in [2.45, 2.75) is 6.54 Å². The fourth-order valence-corrected chi connectivity index (χ4v) is 2.35. The van der Waals surface area contributed by atoms with Gasteiger partial charge in [0.15, 0.2) is 5.76 Å². The number of nitro benzene ring substituents is 1. The number of hydrogen-bond donors (Lipinski definition) is 1. The Morgan fingerprint density at radius 2 is 1.93 bits per heavy atom. The molecule has 3 aromatic rings. The molecule has 1 N–H and O–H groups in total. The number of non-ortho nitro benzene ring substituents is 1. The maximum atomic E-state index is 12.3. The normalized spacial score (nSPS) is 10.6. The predicted molar refractivity (Wildman–Crippen MR) is 92.8 cm³/mol. The van der Waals surface area contributed by atoms with Gasteiger partial charge in [-0.1, -0.05) is 11.6 Å². The molecule has 3 rings (SSSR count). The average Bonchev–Trinajstić information content (AvgIpc) is 3.26. The van der Waals surface area contributed by atoms with E-state index in [1.54, 1.807) is 0 Å². The maximum absolute atomic E-state index is 12.3. The number of nitro groups is 2. The zero-order valence-electron chi connectivity index (χ0n) is 13.4. The lowest BCUT2D eigenvalue weighted by atomic mass is 10.2. The van der Waals surface area contributed by atoms with Crippen LogP contribution in [0, 0.1) is 20.2 Å². The molecule has 0 atom stereocenters. The Labute approximate surface area is 155 Å². The van der Waals surface area contributed by atoms with Gasteiger partial charge in [-0.05, 0) is 18.2 Å². The van der Waals surface area contributed by atoms with E-state index >= 15 is 0 Å². The van der Waals surface area contributed by atoms with Gasteiger partial charge in [0.1, 0.15) is 18.2 Å². The van der Waals surface area contributed by atoms with Gasteiger partial charge in [0.05, 0.1) is 27.1 Å². The zero-order chi connectivity index (χ0) is 19.6. The SMILES string of the molecule is O=C(Nc1cc([N+](=O)[O-])ccc1Cl)c1ccc(Cn2cc([N+](=O)[O-])cn2)o1. The Balaban J connectivity index is 1.72. The summed E-state index contributed by atoms with van der Waals surface area (Å²) in [5.74, 6) is -0.382. The number of carbonyl (C=O) groups is 1. The number of carbonyl (C=O) groups excluding carboxylic acids is 1. The highest BCUT2D eigenvalue weighted by atomic mass is 35.5. The first-order valence-electron chi connectivity index (χ1n) is 7.34. The fraction of sp³-hybridized carbons (Fsp3) is 0.0667. The zero-order valence-corrected chi connectivity index (χ0v) is 14.1. The fourth-order valence-electron chi connectivity index (χ4n) is 2.18. The smallest absolute Gasteiger partial charge is 0.307 e. The second kappa shape index (κ2) is 7.25. The Kier molecular flexibility index (Phi) is 4.86. The molecular weight excluding hydrogens is 382 g/mol. The Morgan fingerprint density at radius 1 is 1.19 bits per heavy atom. The van der Waals surface area contributed by atoms with Gasteiger partial charge in [-0.3, -0.25) is 29.7 Å². The molecule has 2 heterocycles. The minimum atomic E-state index is -0.657. The summed E-state index contributed by atoms with van der Waals surface area (Å²) in [7, 11) is 0. The van der Waals surface area contributed by atoms with Crippen molar-refractivity contribution in [1.29, 1.82) is 0 Å². The summed E-state index contributed by atoms with van der Waals surface area (Å²) in [6.07, 6.45) is 2.33. The van der Waals surface area contributed by atoms with Crippen LogP contribution in [0.1, 0.15) is 16.3 Å². The standard InChI is InChI=1S/C15H10ClN5O6/c16-12-3-1-9(20(23)24)5-13(12)18-15(22)14-4-2-11(27-14)8-19-7-10(6-17-19)21(25)26/h1-7H,8H2,(H,18,22). The lowest BCUT2D eigenvalue weighted by Crippen LogP contribution is -2.11. The van der Waals surface area contributed by atoms with Crippen molar-refractivity contribution in [2.75, 3.05) is 5.32 Å². The molecule has 27 heavy (non-hydrogen) atoms. The van der Waals surface area contributed by atoms with Gasteiger partial charge in [0.2, 0.25) is 0 Å². The highest BCUT2D eigenvalue weighted by Gasteiger charge is 2.17. The van der Waals surface area contributed by atoms with Crippen molar-refractivity contribution in [3.05, 3.63) is 79.5 Å². The van der Waals surface area contributed by atoms with E-state index in [1.165, 1.54) is 35.1 Å². The molecule has 0 unspecified atom stereocenters. The topological polar surface area (TPSA) is 146 Å². The van der Waals surface area contributed by atoms with Crippen molar-refractivity contribution < 1.29 is 19.1 Å². The molecule has 0 saturated heterocycles. The summed E-state index contributed by atoms with van der Waals surface area (Å²) in [6, 6.07) is 6.55. The van der Waals surface area contributed by atoms with E-state index in [4.69, 9.17) is 16.0 Å². The number of nitrogens with zero attached hydrogens (tertiary/aromatic N) is 4. The number of benzene rings is 1. The van der Waals surface area contributed by atoms with E-state index in [2.05, 4.69) is 10.4 Å². The molecule has 11 nitrogen and oxygen atoms in total. The summed E-state index contributed by atoms with van der Waals surface area (Å²) < 4.78 is 6.68. The number of aromatic nitrogens is 2. The third kappa shape index (κ3) is 4.10. The average molecular weight is 392 g/mol. The van der Waals surface area contributed by atoms with Crippen molar-refractivity contribution in [3.63, 3.8) is 0 Å². The van der Waals surface area contributed by atoms with Gasteiger partial charge in [0, 0.05) is 12.1 Å². The number of amides is 1. The molecule has 1 aromatic carbocycles. The van der Waals surface area contributed by atoms with Crippen LogP contribution in [0.25, 0.3) is 0 Å². The quantitative estimate of drug-likeness (QED) is 0.501. The molecule has 138 valence electrons. The Hall–Kier alpha value is -3.73. The minimum absolute atomic E-state index is 0.0609. The summed E-state index contributed by atoms with van der Waals surface area (Å²) in [6.45, 7) is 0.0820. The Morgan fingerprint density at radius 3 is 2.59 bits per heavy atom. The van der Waals surface area contributed by atoms with Crippen LogP contribution < -0.4 is 5.32 Å². The van der Waals surface area contributed by atoms with E-state index in [9.17, 15) is 25.0 Å². The lowest BCUT2D eigenvalue weighted by Gasteiger charge is -2.05. The Bertz CT molecular complexity index is 1040. The predicted octanol–water partition coefficient (Wildman–Crippen LogP) is 3.25. The van der Waals surface area contributed by atoms with Crippen LogP contribution in [0.15, 0.2) is 47.1 Å². The van der Waals surface area contributed by atoms with Crippen molar-refractivity contribution in [1.82, 2.24) is 9.78 Å². The molecule has 0 aliphatic carbocycles. The monoisotopic (exact) mass is 391 g/mol. The van der Waals surface area contributed by atoms with E-state index in [1.807, 2.05) is 0 Å². The number of hydrogen-bond acceptors (Lipinski definition) is 7. The number of nitrogens with one attached hydrogen (secondary N) is 1. The molecule has 12 heteroatoms.